The van der Waals surface area contributed by atoms with Crippen LogP contribution in [-0.4, -0.2) is 12.1 Å². The third kappa shape index (κ3) is 4.01. The molecule has 0 spiro atoms. The largest absolute Gasteiger partial charge is 0.271 e. The van der Waals surface area contributed by atoms with Gasteiger partial charge in [0.25, 0.3) is 5.91 Å². The summed E-state index contributed by atoms with van der Waals surface area (Å²) >= 11 is 5.00. The van der Waals surface area contributed by atoms with Crippen LogP contribution in [0.25, 0.3) is 0 Å². The van der Waals surface area contributed by atoms with E-state index in [2.05, 4.69) is 39.4 Å². The van der Waals surface area contributed by atoms with Gasteiger partial charge in [0.05, 0.1) is 6.21 Å². The van der Waals surface area contributed by atoms with Crippen LogP contribution in [0.3, 0.4) is 0 Å². The topological polar surface area (TPSA) is 41.5 Å². The Morgan fingerprint density at radius 1 is 1.32 bits per heavy atom. The average Bonchev–Trinajstić information content (AvgIpc) is 2.87. The highest BCUT2D eigenvalue weighted by molar-refractivity contribution is 9.10. The number of carbonyl (C=O) groups is 1. The number of hydrazone groups is 1. The molecule has 19 heavy (non-hydrogen) atoms. The van der Waals surface area contributed by atoms with Gasteiger partial charge >= 0.3 is 0 Å². The molecule has 0 unspecified atom stereocenters. The molecule has 0 radical (unpaired) electrons. The number of nitrogens with one attached hydrogen (secondary N) is 1. The maximum absolute atomic E-state index is 11.8. The Bertz CT molecular complexity index is 590. The number of hydrogen-bond donors (Lipinski definition) is 1. The van der Waals surface area contributed by atoms with Crippen molar-refractivity contribution < 1.29 is 4.79 Å². The number of nitrogens with zero attached hydrogens (tertiary/aromatic N) is 1. The zero-order valence-corrected chi connectivity index (χ0v) is 12.8. The van der Waals surface area contributed by atoms with E-state index in [1.165, 1.54) is 4.88 Å². The SMILES string of the molecule is CCc1ccc(C=NNC(=O)c2ccc(Br)cc2)s1. The smallest absolute Gasteiger partial charge is 0.267 e. The van der Waals surface area contributed by atoms with E-state index in [0.29, 0.717) is 5.56 Å². The first-order valence-corrected chi connectivity index (χ1v) is 7.47. The average molecular weight is 337 g/mol. The lowest BCUT2D eigenvalue weighted by molar-refractivity contribution is 0.0955. The van der Waals surface area contributed by atoms with Crippen molar-refractivity contribution in [3.8, 4) is 0 Å². The normalized spacial score (nSPS) is 10.8. The van der Waals surface area contributed by atoms with Crippen molar-refractivity contribution in [1.82, 2.24) is 5.43 Å². The molecular weight excluding hydrogens is 324 g/mol. The van der Waals surface area contributed by atoms with Crippen molar-refractivity contribution in [3.63, 3.8) is 0 Å². The van der Waals surface area contributed by atoms with E-state index in [1.807, 2.05) is 18.2 Å². The summed E-state index contributed by atoms with van der Waals surface area (Å²) in [6.45, 7) is 2.11. The van der Waals surface area contributed by atoms with Gasteiger partial charge in [-0.15, -0.1) is 11.3 Å². The van der Waals surface area contributed by atoms with Crippen LogP contribution in [0.15, 0.2) is 46.0 Å². The highest BCUT2D eigenvalue weighted by atomic mass is 79.9. The van der Waals surface area contributed by atoms with Gasteiger partial charge in [-0.3, -0.25) is 4.79 Å². The lowest BCUT2D eigenvalue weighted by Crippen LogP contribution is -2.17. The number of carbonyl (C=O) groups excluding carboxylic acids is 1. The molecule has 0 aliphatic heterocycles. The molecular formula is C14H13BrN2OS. The molecule has 2 rings (SSSR count). The molecule has 5 heteroatoms. The monoisotopic (exact) mass is 336 g/mol. The van der Waals surface area contributed by atoms with Crippen LogP contribution in [-0.2, 0) is 6.42 Å². The molecule has 0 bridgehead atoms. The van der Waals surface area contributed by atoms with Crippen molar-refractivity contribution in [2.24, 2.45) is 5.10 Å². The molecule has 1 aromatic carbocycles. The second-order valence-electron chi connectivity index (χ2n) is 3.86. The molecule has 1 heterocycles. The third-order valence-corrected chi connectivity index (χ3v) is 4.19. The molecule has 98 valence electrons. The van der Waals surface area contributed by atoms with Crippen molar-refractivity contribution in [2.75, 3.05) is 0 Å². The number of rotatable bonds is 4. The fraction of sp³-hybridized carbons (Fsp3) is 0.143. The minimum atomic E-state index is -0.212. The van der Waals surface area contributed by atoms with Gasteiger partial charge in [-0.1, -0.05) is 22.9 Å². The van der Waals surface area contributed by atoms with Gasteiger partial charge < -0.3 is 0 Å². The molecule has 0 saturated carbocycles. The van der Waals surface area contributed by atoms with E-state index in [0.717, 1.165) is 15.8 Å². The van der Waals surface area contributed by atoms with Gasteiger partial charge in [0.1, 0.15) is 0 Å². The van der Waals surface area contributed by atoms with Crippen molar-refractivity contribution in [2.45, 2.75) is 13.3 Å². The van der Waals surface area contributed by atoms with Crippen LogP contribution in [0, 0.1) is 0 Å². The molecule has 2 aromatic rings. The Balaban J connectivity index is 1.94. The van der Waals surface area contributed by atoms with Crippen molar-refractivity contribution in [1.29, 1.82) is 0 Å². The van der Waals surface area contributed by atoms with E-state index in [-0.39, 0.29) is 5.91 Å². The zero-order valence-electron chi connectivity index (χ0n) is 10.4. The lowest BCUT2D eigenvalue weighted by Gasteiger charge is -1.99. The fourth-order valence-electron chi connectivity index (χ4n) is 1.47. The summed E-state index contributed by atoms with van der Waals surface area (Å²) in [4.78, 5) is 14.1. The number of halogens is 1. The number of benzene rings is 1. The van der Waals surface area contributed by atoms with Crippen LogP contribution >= 0.6 is 27.3 Å². The summed E-state index contributed by atoms with van der Waals surface area (Å²) in [5.41, 5.74) is 3.10. The first-order chi connectivity index (χ1) is 9.19. The minimum absolute atomic E-state index is 0.212. The summed E-state index contributed by atoms with van der Waals surface area (Å²) in [6.07, 6.45) is 2.68. The molecule has 3 nitrogen and oxygen atoms in total. The second-order valence-corrected chi connectivity index (χ2v) is 5.98. The summed E-state index contributed by atoms with van der Waals surface area (Å²) in [5, 5.41) is 3.96. The van der Waals surface area contributed by atoms with Crippen LogP contribution in [0.2, 0.25) is 0 Å². The van der Waals surface area contributed by atoms with E-state index in [1.54, 1.807) is 29.7 Å². The maximum atomic E-state index is 11.8. The molecule has 1 amide bonds. The Labute approximate surface area is 124 Å². The van der Waals surface area contributed by atoms with Gasteiger partial charge in [0.15, 0.2) is 0 Å². The molecule has 1 aromatic heterocycles. The molecule has 0 saturated heterocycles. The first-order valence-electron chi connectivity index (χ1n) is 5.86. The summed E-state index contributed by atoms with van der Waals surface area (Å²) in [7, 11) is 0. The van der Waals surface area contributed by atoms with Crippen LogP contribution in [0.1, 0.15) is 27.0 Å². The number of thiophene rings is 1. The van der Waals surface area contributed by atoms with Crippen LogP contribution in [0.5, 0.6) is 0 Å². The highest BCUT2D eigenvalue weighted by Gasteiger charge is 2.03. The van der Waals surface area contributed by atoms with E-state index < -0.39 is 0 Å². The van der Waals surface area contributed by atoms with Crippen LogP contribution < -0.4 is 5.43 Å². The number of aryl methyl sites for hydroxylation is 1. The third-order valence-electron chi connectivity index (χ3n) is 2.50. The van der Waals surface area contributed by atoms with Gasteiger partial charge in [-0.2, -0.15) is 5.10 Å². The Morgan fingerprint density at radius 2 is 2.05 bits per heavy atom. The van der Waals surface area contributed by atoms with Gasteiger partial charge in [-0.05, 0) is 42.8 Å². The van der Waals surface area contributed by atoms with E-state index >= 15 is 0 Å². The lowest BCUT2D eigenvalue weighted by atomic mass is 10.2. The van der Waals surface area contributed by atoms with Gasteiger partial charge in [-0.25, -0.2) is 5.43 Å². The Kier molecular flexibility index (Phi) is 4.87. The van der Waals surface area contributed by atoms with Crippen molar-refractivity contribution >= 4 is 39.4 Å². The zero-order chi connectivity index (χ0) is 13.7. The van der Waals surface area contributed by atoms with Gasteiger partial charge in [0.2, 0.25) is 0 Å². The standard InChI is InChI=1S/C14H13BrN2OS/c1-2-12-7-8-13(19-12)9-16-17-14(18)10-3-5-11(15)6-4-10/h3-9H,2H2,1H3,(H,17,18). The van der Waals surface area contributed by atoms with E-state index in [4.69, 9.17) is 0 Å². The molecule has 1 N–H and O–H groups in total. The molecule has 0 atom stereocenters. The summed E-state index contributed by atoms with van der Waals surface area (Å²) in [5.74, 6) is -0.212. The molecule has 0 aliphatic carbocycles. The Morgan fingerprint density at radius 3 is 2.68 bits per heavy atom. The fourth-order valence-corrected chi connectivity index (χ4v) is 2.56. The quantitative estimate of drug-likeness (QED) is 0.668. The van der Waals surface area contributed by atoms with Gasteiger partial charge in [0, 0.05) is 19.8 Å². The maximum Gasteiger partial charge on any atom is 0.271 e. The summed E-state index contributed by atoms with van der Waals surface area (Å²) < 4.78 is 0.943. The number of amides is 1. The van der Waals surface area contributed by atoms with Crippen molar-refractivity contribution in [3.05, 3.63) is 56.2 Å². The predicted molar refractivity (Wildman–Crippen MR) is 82.9 cm³/mol. The van der Waals surface area contributed by atoms with Crippen LogP contribution in [0.4, 0.5) is 0 Å². The second kappa shape index (κ2) is 6.63. The minimum Gasteiger partial charge on any atom is -0.267 e. The highest BCUT2D eigenvalue weighted by Crippen LogP contribution is 2.14. The molecule has 0 aliphatic rings. The number of hydrogen-bond acceptors (Lipinski definition) is 3. The summed E-state index contributed by atoms with van der Waals surface area (Å²) in [6, 6.07) is 11.2. The molecule has 0 fully saturated rings. The first kappa shape index (κ1) is 14.0. The predicted octanol–water partition coefficient (Wildman–Crippen LogP) is 3.84. The Hall–Kier alpha value is -1.46. The van der Waals surface area contributed by atoms with E-state index in [9.17, 15) is 4.79 Å².